The maximum Gasteiger partial charge on any atom is 0.223 e. The van der Waals surface area contributed by atoms with Crippen LogP contribution in [0.4, 0.5) is 0 Å². The van der Waals surface area contributed by atoms with Crippen LogP contribution in [0.25, 0.3) is 0 Å². The molecule has 154 valence electrons. The van der Waals surface area contributed by atoms with E-state index in [1.165, 1.54) is 16.0 Å². The minimum atomic E-state index is 0. The molecule has 4 rings (SSSR count). The van der Waals surface area contributed by atoms with Gasteiger partial charge in [-0.25, -0.2) is 0 Å². The first kappa shape index (κ1) is 23.2. The molecule has 2 heterocycles. The van der Waals surface area contributed by atoms with Crippen LogP contribution in [-0.4, -0.2) is 29.9 Å². The molecule has 28 heavy (non-hydrogen) atoms. The van der Waals surface area contributed by atoms with Gasteiger partial charge in [-0.1, -0.05) is 30.3 Å². The predicted octanol–water partition coefficient (Wildman–Crippen LogP) is 3.93. The number of nitrogens with zero attached hydrogens (tertiary/aromatic N) is 1. The fraction of sp³-hybridized carbons (Fsp3) is 0.476. The molecule has 1 aromatic heterocycles. The van der Waals surface area contributed by atoms with Crippen LogP contribution >= 0.6 is 36.2 Å². The fourth-order valence-electron chi connectivity index (χ4n) is 4.27. The van der Waals surface area contributed by atoms with E-state index in [1.54, 1.807) is 0 Å². The van der Waals surface area contributed by atoms with Crippen molar-refractivity contribution in [2.24, 2.45) is 11.7 Å². The quantitative estimate of drug-likeness (QED) is 0.738. The van der Waals surface area contributed by atoms with E-state index in [0.29, 0.717) is 6.54 Å². The SMILES string of the molecule is Cl.Cl.NC1CCC(C(=O)NCC(c2ccccc2)N2CCc3sccc3C2)C1. The summed E-state index contributed by atoms with van der Waals surface area (Å²) in [4.78, 5) is 16.6. The van der Waals surface area contributed by atoms with Gasteiger partial charge in [-0.3, -0.25) is 9.69 Å². The number of benzene rings is 1. The topological polar surface area (TPSA) is 58.4 Å². The molecule has 3 N–H and O–H groups in total. The highest BCUT2D eigenvalue weighted by atomic mass is 35.5. The Morgan fingerprint density at radius 1 is 1.21 bits per heavy atom. The zero-order valence-corrected chi connectivity index (χ0v) is 18.3. The molecule has 0 spiro atoms. The lowest BCUT2D eigenvalue weighted by Crippen LogP contribution is -2.41. The number of hydrogen-bond donors (Lipinski definition) is 2. The summed E-state index contributed by atoms with van der Waals surface area (Å²) in [5.41, 5.74) is 8.69. The van der Waals surface area contributed by atoms with E-state index in [4.69, 9.17) is 5.73 Å². The summed E-state index contributed by atoms with van der Waals surface area (Å²) in [5.74, 6) is 0.262. The lowest BCUT2D eigenvalue weighted by Gasteiger charge is -2.35. The molecule has 3 atom stereocenters. The minimum absolute atomic E-state index is 0. The van der Waals surface area contributed by atoms with Gasteiger partial charge in [0.25, 0.3) is 0 Å². The molecule has 2 aliphatic rings. The average Bonchev–Trinajstić information content (AvgIpc) is 3.31. The maximum absolute atomic E-state index is 12.6. The molecule has 1 aliphatic carbocycles. The van der Waals surface area contributed by atoms with Crippen LogP contribution in [0.15, 0.2) is 41.8 Å². The third-order valence-corrected chi connectivity index (χ3v) is 6.80. The third-order valence-electron chi connectivity index (χ3n) is 5.78. The molecule has 1 aliphatic heterocycles. The van der Waals surface area contributed by atoms with Gasteiger partial charge in [0.15, 0.2) is 0 Å². The Morgan fingerprint density at radius 3 is 2.71 bits per heavy atom. The summed E-state index contributed by atoms with van der Waals surface area (Å²) in [6, 6.07) is 13.2. The first-order chi connectivity index (χ1) is 12.7. The standard InChI is InChI=1S/C21H27N3OS.2ClH/c22-18-7-6-16(12-18)21(25)23-13-19(15-4-2-1-3-5-15)24-10-8-20-17(14-24)9-11-26-20;;/h1-5,9,11,16,18-19H,6-8,10,12-14,22H2,(H,23,25);2*1H. The van der Waals surface area contributed by atoms with Crippen molar-refractivity contribution in [2.45, 2.75) is 44.3 Å². The second-order valence-electron chi connectivity index (χ2n) is 7.53. The molecule has 1 fully saturated rings. The lowest BCUT2D eigenvalue weighted by atomic mass is 10.0. The van der Waals surface area contributed by atoms with Gasteiger partial charge >= 0.3 is 0 Å². The van der Waals surface area contributed by atoms with Crippen LogP contribution < -0.4 is 11.1 Å². The zero-order valence-electron chi connectivity index (χ0n) is 15.9. The molecule has 7 heteroatoms. The maximum atomic E-state index is 12.6. The van der Waals surface area contributed by atoms with Crippen LogP contribution in [0.5, 0.6) is 0 Å². The number of nitrogens with two attached hydrogens (primary N) is 1. The van der Waals surface area contributed by atoms with Crippen molar-refractivity contribution in [1.29, 1.82) is 0 Å². The van der Waals surface area contributed by atoms with Crippen molar-refractivity contribution in [3.05, 3.63) is 57.8 Å². The van der Waals surface area contributed by atoms with Crippen molar-refractivity contribution in [1.82, 2.24) is 10.2 Å². The van der Waals surface area contributed by atoms with E-state index < -0.39 is 0 Å². The Morgan fingerprint density at radius 2 is 2.00 bits per heavy atom. The highest BCUT2D eigenvalue weighted by Crippen LogP contribution is 2.30. The summed E-state index contributed by atoms with van der Waals surface area (Å²) in [7, 11) is 0. The van der Waals surface area contributed by atoms with E-state index >= 15 is 0 Å². The fourth-order valence-corrected chi connectivity index (χ4v) is 5.16. The number of halogens is 2. The summed E-state index contributed by atoms with van der Waals surface area (Å²) in [5, 5.41) is 5.42. The first-order valence-corrected chi connectivity index (χ1v) is 10.5. The first-order valence-electron chi connectivity index (χ1n) is 9.58. The van der Waals surface area contributed by atoms with Crippen molar-refractivity contribution in [3.8, 4) is 0 Å². The predicted molar refractivity (Wildman–Crippen MR) is 120 cm³/mol. The van der Waals surface area contributed by atoms with Gasteiger partial charge in [0.1, 0.15) is 0 Å². The molecule has 2 aromatic rings. The second-order valence-corrected chi connectivity index (χ2v) is 8.53. The normalized spacial score (nSPS) is 22.5. The molecule has 0 radical (unpaired) electrons. The summed E-state index contributed by atoms with van der Waals surface area (Å²) in [6.45, 7) is 2.66. The van der Waals surface area contributed by atoms with E-state index in [9.17, 15) is 4.79 Å². The number of nitrogens with one attached hydrogen (secondary N) is 1. The van der Waals surface area contributed by atoms with Crippen LogP contribution in [0.1, 0.15) is 41.3 Å². The van der Waals surface area contributed by atoms with Gasteiger partial charge in [-0.15, -0.1) is 36.2 Å². The molecule has 1 amide bonds. The smallest absolute Gasteiger partial charge is 0.223 e. The van der Waals surface area contributed by atoms with E-state index in [-0.39, 0.29) is 48.7 Å². The van der Waals surface area contributed by atoms with Gasteiger partial charge < -0.3 is 11.1 Å². The number of amides is 1. The van der Waals surface area contributed by atoms with Gasteiger partial charge in [-0.2, -0.15) is 0 Å². The zero-order chi connectivity index (χ0) is 17.9. The molecule has 3 unspecified atom stereocenters. The summed E-state index contributed by atoms with van der Waals surface area (Å²) >= 11 is 1.86. The monoisotopic (exact) mass is 441 g/mol. The number of fused-ring (bicyclic) bond motifs is 1. The molecule has 1 saturated carbocycles. The number of thiophene rings is 1. The number of rotatable bonds is 5. The minimum Gasteiger partial charge on any atom is -0.354 e. The summed E-state index contributed by atoms with van der Waals surface area (Å²) in [6.07, 6.45) is 3.81. The van der Waals surface area contributed by atoms with E-state index in [0.717, 1.165) is 38.8 Å². The summed E-state index contributed by atoms with van der Waals surface area (Å²) < 4.78 is 0. The number of carbonyl (C=O) groups is 1. The molecular formula is C21H29Cl2N3OS. The van der Waals surface area contributed by atoms with Crippen molar-refractivity contribution in [2.75, 3.05) is 13.1 Å². The molecule has 0 bridgehead atoms. The molecule has 1 aromatic carbocycles. The van der Waals surface area contributed by atoms with Crippen LogP contribution in [0, 0.1) is 5.92 Å². The molecule has 4 nitrogen and oxygen atoms in total. The second kappa shape index (κ2) is 10.6. The Hall–Kier alpha value is -1.11. The van der Waals surface area contributed by atoms with E-state index in [1.807, 2.05) is 17.4 Å². The number of hydrogen-bond acceptors (Lipinski definition) is 4. The Labute approximate surface area is 183 Å². The Balaban J connectivity index is 0.00000140. The molecule has 0 saturated heterocycles. The molecular weight excluding hydrogens is 413 g/mol. The van der Waals surface area contributed by atoms with Gasteiger partial charge in [0.2, 0.25) is 5.91 Å². The van der Waals surface area contributed by atoms with Crippen LogP contribution in [0.3, 0.4) is 0 Å². The van der Waals surface area contributed by atoms with Crippen LogP contribution in [-0.2, 0) is 17.8 Å². The third kappa shape index (κ3) is 5.28. The highest BCUT2D eigenvalue weighted by molar-refractivity contribution is 7.10. The van der Waals surface area contributed by atoms with Crippen molar-refractivity contribution >= 4 is 42.1 Å². The van der Waals surface area contributed by atoms with Gasteiger partial charge in [-0.05, 0) is 48.3 Å². The van der Waals surface area contributed by atoms with Gasteiger partial charge in [0, 0.05) is 36.5 Å². The number of carbonyl (C=O) groups excluding carboxylic acids is 1. The lowest BCUT2D eigenvalue weighted by molar-refractivity contribution is -0.125. The van der Waals surface area contributed by atoms with Gasteiger partial charge in [0.05, 0.1) is 6.04 Å². The Kier molecular flexibility index (Phi) is 8.78. The largest absolute Gasteiger partial charge is 0.354 e. The highest BCUT2D eigenvalue weighted by Gasteiger charge is 2.30. The van der Waals surface area contributed by atoms with Crippen molar-refractivity contribution in [3.63, 3.8) is 0 Å². The van der Waals surface area contributed by atoms with Crippen molar-refractivity contribution < 1.29 is 4.79 Å². The Bertz CT molecular complexity index is 755. The average molecular weight is 442 g/mol. The van der Waals surface area contributed by atoms with E-state index in [2.05, 4.69) is 45.9 Å². The van der Waals surface area contributed by atoms with Crippen LogP contribution in [0.2, 0.25) is 0 Å².